The number of H-pyrrole nitrogens is 1. The van der Waals surface area contributed by atoms with E-state index in [0.29, 0.717) is 11.7 Å². The highest BCUT2D eigenvalue weighted by molar-refractivity contribution is 5.45. The first kappa shape index (κ1) is 5.77. The predicted molar refractivity (Wildman–Crippen MR) is 39.7 cm³/mol. The van der Waals surface area contributed by atoms with Crippen molar-refractivity contribution >= 4 is 5.82 Å². The molecule has 10 heavy (non-hydrogen) atoms. The van der Waals surface area contributed by atoms with Crippen LogP contribution in [0, 0.1) is 0 Å². The molecule has 0 bridgehead atoms. The van der Waals surface area contributed by atoms with Crippen molar-refractivity contribution in [2.24, 2.45) is 0 Å². The SMILES string of the molecule is C[C@@H]1CCc2c(N)n[nH]c21. The summed E-state index contributed by atoms with van der Waals surface area (Å²) < 4.78 is 0. The van der Waals surface area contributed by atoms with Gasteiger partial charge in [-0.05, 0) is 18.8 Å². The number of rotatable bonds is 0. The number of aromatic amines is 1. The van der Waals surface area contributed by atoms with E-state index in [4.69, 9.17) is 5.73 Å². The van der Waals surface area contributed by atoms with Gasteiger partial charge in [0, 0.05) is 11.3 Å². The molecule has 1 atom stereocenters. The normalized spacial score (nSPS) is 23.1. The van der Waals surface area contributed by atoms with Gasteiger partial charge in [-0.1, -0.05) is 6.92 Å². The Morgan fingerprint density at radius 2 is 2.50 bits per heavy atom. The zero-order valence-corrected chi connectivity index (χ0v) is 6.02. The molecule has 1 aromatic heterocycles. The average molecular weight is 137 g/mol. The van der Waals surface area contributed by atoms with Gasteiger partial charge < -0.3 is 5.73 Å². The van der Waals surface area contributed by atoms with Crippen LogP contribution in [0.3, 0.4) is 0 Å². The fraction of sp³-hybridized carbons (Fsp3) is 0.571. The molecule has 0 unspecified atom stereocenters. The van der Waals surface area contributed by atoms with E-state index in [2.05, 4.69) is 17.1 Å². The molecule has 2 rings (SSSR count). The predicted octanol–water partition coefficient (Wildman–Crippen LogP) is 1.04. The minimum absolute atomic E-state index is 0.625. The van der Waals surface area contributed by atoms with Crippen molar-refractivity contribution in [2.45, 2.75) is 25.7 Å². The molecule has 0 spiro atoms. The van der Waals surface area contributed by atoms with Gasteiger partial charge in [0.25, 0.3) is 0 Å². The van der Waals surface area contributed by atoms with Crippen LogP contribution in [0.15, 0.2) is 0 Å². The van der Waals surface area contributed by atoms with E-state index in [1.165, 1.54) is 17.7 Å². The van der Waals surface area contributed by atoms with Crippen LogP contribution >= 0.6 is 0 Å². The molecule has 0 radical (unpaired) electrons. The second-order valence-electron chi connectivity index (χ2n) is 2.94. The van der Waals surface area contributed by atoms with Crippen LogP contribution in [0.5, 0.6) is 0 Å². The summed E-state index contributed by atoms with van der Waals surface area (Å²) in [6.07, 6.45) is 2.31. The van der Waals surface area contributed by atoms with Gasteiger partial charge >= 0.3 is 0 Å². The Morgan fingerprint density at radius 1 is 1.70 bits per heavy atom. The van der Waals surface area contributed by atoms with Gasteiger partial charge in [-0.15, -0.1) is 0 Å². The van der Waals surface area contributed by atoms with Gasteiger partial charge in [-0.25, -0.2) is 0 Å². The lowest BCUT2D eigenvalue weighted by molar-refractivity contribution is 0.716. The molecule has 54 valence electrons. The van der Waals surface area contributed by atoms with E-state index in [1.54, 1.807) is 0 Å². The summed E-state index contributed by atoms with van der Waals surface area (Å²) in [5.41, 5.74) is 8.10. The van der Waals surface area contributed by atoms with E-state index >= 15 is 0 Å². The number of aromatic nitrogens is 2. The van der Waals surface area contributed by atoms with Gasteiger partial charge in [0.1, 0.15) is 5.82 Å². The Bertz CT molecular complexity index is 251. The van der Waals surface area contributed by atoms with Crippen LogP contribution in [0.1, 0.15) is 30.5 Å². The Labute approximate surface area is 59.6 Å². The van der Waals surface area contributed by atoms with E-state index in [-0.39, 0.29) is 0 Å². The molecule has 0 fully saturated rings. The summed E-state index contributed by atoms with van der Waals surface area (Å²) in [5.74, 6) is 1.32. The molecular weight excluding hydrogens is 126 g/mol. The summed E-state index contributed by atoms with van der Waals surface area (Å²) in [4.78, 5) is 0. The molecule has 0 aromatic carbocycles. The molecule has 1 aliphatic rings. The van der Waals surface area contributed by atoms with Crippen LogP contribution < -0.4 is 5.73 Å². The Kier molecular flexibility index (Phi) is 1.01. The summed E-state index contributed by atoms with van der Waals surface area (Å²) in [7, 11) is 0. The topological polar surface area (TPSA) is 54.7 Å². The molecule has 3 N–H and O–H groups in total. The third-order valence-electron chi connectivity index (χ3n) is 2.25. The number of fused-ring (bicyclic) bond motifs is 1. The number of nitrogen functional groups attached to an aromatic ring is 1. The minimum atomic E-state index is 0.625. The van der Waals surface area contributed by atoms with E-state index in [1.807, 2.05) is 0 Å². The second kappa shape index (κ2) is 1.75. The molecule has 0 saturated heterocycles. The van der Waals surface area contributed by atoms with Crippen LogP contribution in [0.25, 0.3) is 0 Å². The maximum Gasteiger partial charge on any atom is 0.148 e. The maximum absolute atomic E-state index is 5.61. The standard InChI is InChI=1S/C7H11N3/c1-4-2-3-5-6(4)9-10-7(5)8/h4H,2-3H2,1H3,(H3,8,9,10)/t4-/m1/s1. The molecule has 0 amide bonds. The monoisotopic (exact) mass is 137 g/mol. The van der Waals surface area contributed by atoms with Gasteiger partial charge in [0.05, 0.1) is 0 Å². The average Bonchev–Trinajstić information content (AvgIpc) is 2.41. The molecule has 1 aromatic rings. The highest BCUT2D eigenvalue weighted by Gasteiger charge is 2.22. The number of hydrogen-bond donors (Lipinski definition) is 2. The Hall–Kier alpha value is -0.990. The van der Waals surface area contributed by atoms with Gasteiger partial charge in [-0.2, -0.15) is 5.10 Å². The highest BCUT2D eigenvalue weighted by Crippen LogP contribution is 2.33. The first-order valence-corrected chi connectivity index (χ1v) is 3.61. The zero-order chi connectivity index (χ0) is 7.14. The molecule has 1 aliphatic carbocycles. The largest absolute Gasteiger partial charge is 0.382 e. The zero-order valence-electron chi connectivity index (χ0n) is 6.02. The Balaban J connectivity index is 2.53. The van der Waals surface area contributed by atoms with Crippen molar-refractivity contribution in [1.82, 2.24) is 10.2 Å². The molecule has 1 heterocycles. The van der Waals surface area contributed by atoms with Gasteiger partial charge in [0.2, 0.25) is 0 Å². The lowest BCUT2D eigenvalue weighted by Crippen LogP contribution is -1.89. The molecule has 0 aliphatic heterocycles. The Morgan fingerprint density at radius 3 is 3.20 bits per heavy atom. The lowest BCUT2D eigenvalue weighted by Gasteiger charge is -1.95. The first-order valence-electron chi connectivity index (χ1n) is 3.61. The third kappa shape index (κ3) is 0.574. The summed E-state index contributed by atoms with van der Waals surface area (Å²) >= 11 is 0. The maximum atomic E-state index is 5.61. The highest BCUT2D eigenvalue weighted by atomic mass is 15.2. The quantitative estimate of drug-likeness (QED) is 0.561. The summed E-state index contributed by atoms with van der Waals surface area (Å²) in [6.45, 7) is 2.20. The molecule has 3 heteroatoms. The van der Waals surface area contributed by atoms with Gasteiger partial charge in [0.15, 0.2) is 0 Å². The van der Waals surface area contributed by atoms with Crippen molar-refractivity contribution in [1.29, 1.82) is 0 Å². The third-order valence-corrected chi connectivity index (χ3v) is 2.25. The van der Waals surface area contributed by atoms with Crippen molar-refractivity contribution in [3.8, 4) is 0 Å². The van der Waals surface area contributed by atoms with Crippen molar-refractivity contribution < 1.29 is 0 Å². The van der Waals surface area contributed by atoms with Gasteiger partial charge in [-0.3, -0.25) is 5.10 Å². The smallest absolute Gasteiger partial charge is 0.148 e. The second-order valence-corrected chi connectivity index (χ2v) is 2.94. The number of nitrogens with two attached hydrogens (primary N) is 1. The van der Waals surface area contributed by atoms with Crippen LogP contribution in [-0.4, -0.2) is 10.2 Å². The van der Waals surface area contributed by atoms with E-state index in [9.17, 15) is 0 Å². The van der Waals surface area contributed by atoms with Crippen molar-refractivity contribution in [2.75, 3.05) is 5.73 Å². The fourth-order valence-corrected chi connectivity index (χ4v) is 1.57. The lowest BCUT2D eigenvalue weighted by atomic mass is 10.1. The van der Waals surface area contributed by atoms with E-state index in [0.717, 1.165) is 6.42 Å². The molecule has 0 saturated carbocycles. The number of anilines is 1. The summed E-state index contributed by atoms with van der Waals surface area (Å²) in [5, 5.41) is 6.90. The molecular formula is C7H11N3. The minimum Gasteiger partial charge on any atom is -0.382 e. The van der Waals surface area contributed by atoms with Crippen LogP contribution in [0.2, 0.25) is 0 Å². The fourth-order valence-electron chi connectivity index (χ4n) is 1.57. The van der Waals surface area contributed by atoms with Crippen LogP contribution in [-0.2, 0) is 6.42 Å². The number of nitrogens with one attached hydrogen (secondary N) is 1. The summed E-state index contributed by atoms with van der Waals surface area (Å²) in [6, 6.07) is 0. The van der Waals surface area contributed by atoms with Crippen molar-refractivity contribution in [3.63, 3.8) is 0 Å². The number of nitrogens with zero attached hydrogens (tertiary/aromatic N) is 1. The number of hydrogen-bond acceptors (Lipinski definition) is 2. The molecule has 3 nitrogen and oxygen atoms in total. The first-order chi connectivity index (χ1) is 4.79. The van der Waals surface area contributed by atoms with E-state index < -0.39 is 0 Å². The van der Waals surface area contributed by atoms with Crippen molar-refractivity contribution in [3.05, 3.63) is 11.3 Å². The van der Waals surface area contributed by atoms with Crippen LogP contribution in [0.4, 0.5) is 5.82 Å².